The second kappa shape index (κ2) is 11.3. The van der Waals surface area contributed by atoms with E-state index in [0.29, 0.717) is 58.0 Å². The van der Waals surface area contributed by atoms with Crippen molar-refractivity contribution in [1.82, 2.24) is 10.2 Å². The lowest BCUT2D eigenvalue weighted by atomic mass is 9.77. The molecule has 8 heteroatoms. The van der Waals surface area contributed by atoms with Crippen LogP contribution in [0.15, 0.2) is 72.8 Å². The third-order valence-corrected chi connectivity index (χ3v) is 8.08. The summed E-state index contributed by atoms with van der Waals surface area (Å²) in [6.45, 7) is -0.174. The molecule has 2 aliphatic rings. The molecule has 3 aromatic carbocycles. The highest BCUT2D eigenvalue weighted by Crippen LogP contribution is 2.47. The van der Waals surface area contributed by atoms with Gasteiger partial charge >= 0.3 is 0 Å². The second-order valence-electron chi connectivity index (χ2n) is 9.86. The van der Waals surface area contributed by atoms with Crippen LogP contribution in [0.1, 0.15) is 69.5 Å². The molecule has 5 rings (SSSR count). The topological polar surface area (TPSA) is 86.7 Å². The molecule has 1 aliphatic heterocycles. The predicted molar refractivity (Wildman–Crippen MR) is 147 cm³/mol. The summed E-state index contributed by atoms with van der Waals surface area (Å²) in [4.78, 5) is 42.5. The van der Waals surface area contributed by atoms with Gasteiger partial charge in [0.15, 0.2) is 5.78 Å². The smallest absolute Gasteiger partial charge is 0.254 e. The molecule has 1 aliphatic carbocycles. The van der Waals surface area contributed by atoms with Crippen LogP contribution in [0, 0.1) is 0 Å². The number of amides is 2. The van der Waals surface area contributed by atoms with Crippen molar-refractivity contribution >= 4 is 40.8 Å². The van der Waals surface area contributed by atoms with Crippen molar-refractivity contribution in [2.24, 2.45) is 0 Å². The molecular formula is C30H28Cl2N2O4. The Morgan fingerprint density at radius 2 is 1.58 bits per heavy atom. The van der Waals surface area contributed by atoms with Gasteiger partial charge < -0.3 is 15.3 Å². The van der Waals surface area contributed by atoms with Crippen LogP contribution >= 0.6 is 23.2 Å². The van der Waals surface area contributed by atoms with Crippen molar-refractivity contribution < 1.29 is 19.5 Å². The van der Waals surface area contributed by atoms with Crippen molar-refractivity contribution in [3.63, 3.8) is 0 Å². The number of ketones is 1. The number of carbonyl (C=O) groups is 3. The number of hydrogen-bond acceptors (Lipinski definition) is 4. The van der Waals surface area contributed by atoms with Crippen molar-refractivity contribution in [2.75, 3.05) is 6.54 Å². The molecule has 1 fully saturated rings. The number of aliphatic hydroxyl groups is 1. The van der Waals surface area contributed by atoms with Crippen LogP contribution in [0.5, 0.6) is 0 Å². The number of nitrogens with zero attached hydrogens (tertiary/aromatic N) is 1. The summed E-state index contributed by atoms with van der Waals surface area (Å²) >= 11 is 12.9. The van der Waals surface area contributed by atoms with E-state index in [1.807, 2.05) is 6.07 Å². The van der Waals surface area contributed by atoms with Crippen molar-refractivity contribution in [2.45, 2.75) is 49.8 Å². The molecule has 0 saturated heterocycles. The van der Waals surface area contributed by atoms with Crippen molar-refractivity contribution in [3.05, 3.63) is 105 Å². The first-order valence-electron chi connectivity index (χ1n) is 12.8. The first-order valence-corrected chi connectivity index (χ1v) is 13.5. The van der Waals surface area contributed by atoms with E-state index >= 15 is 0 Å². The Balaban J connectivity index is 1.57. The van der Waals surface area contributed by atoms with Crippen molar-refractivity contribution in [1.29, 1.82) is 0 Å². The number of Topliss-reactive ketones (excluding diaryl/α,β-unsaturated/α-hetero) is 1. The molecule has 1 saturated carbocycles. The standard InChI is InChI=1S/C30H28Cl2N2O4/c31-19-10-15-24(25(32)16-19)28-27(29(37)33-17-26(36)18-6-2-1-3-7-18)22-8-4-5-9-23(22)30(38)34(28)20-11-13-21(35)14-12-20/h1-10,15-16,20-21,27-28,35H,11-14,17H2,(H,33,37)/t20?,21?,27-,28+/m1/s1. The average molecular weight is 551 g/mol. The maximum absolute atomic E-state index is 14.0. The van der Waals surface area contributed by atoms with E-state index in [4.69, 9.17) is 23.2 Å². The molecule has 2 atom stereocenters. The lowest BCUT2D eigenvalue weighted by Crippen LogP contribution is -2.52. The summed E-state index contributed by atoms with van der Waals surface area (Å²) in [5, 5.41) is 13.8. The Morgan fingerprint density at radius 3 is 2.29 bits per heavy atom. The first kappa shape index (κ1) is 26.4. The summed E-state index contributed by atoms with van der Waals surface area (Å²) in [6.07, 6.45) is 1.95. The van der Waals surface area contributed by atoms with E-state index in [2.05, 4.69) is 5.32 Å². The van der Waals surface area contributed by atoms with Gasteiger partial charge in [-0.2, -0.15) is 0 Å². The highest BCUT2D eigenvalue weighted by Gasteiger charge is 2.47. The third-order valence-electron chi connectivity index (χ3n) is 7.52. The number of halogens is 2. The van der Waals surface area contributed by atoms with Gasteiger partial charge in [-0.3, -0.25) is 14.4 Å². The maximum atomic E-state index is 14.0. The fourth-order valence-corrected chi connectivity index (χ4v) is 6.17. The Hall–Kier alpha value is -3.19. The van der Waals surface area contributed by atoms with Gasteiger partial charge in [-0.15, -0.1) is 0 Å². The average Bonchev–Trinajstić information content (AvgIpc) is 2.93. The highest BCUT2D eigenvalue weighted by molar-refractivity contribution is 6.35. The third kappa shape index (κ3) is 5.21. The van der Waals surface area contributed by atoms with E-state index in [-0.39, 0.29) is 30.2 Å². The largest absolute Gasteiger partial charge is 0.393 e. The molecule has 1 heterocycles. The Kier molecular flexibility index (Phi) is 7.84. The molecule has 0 aromatic heterocycles. The summed E-state index contributed by atoms with van der Waals surface area (Å²) in [7, 11) is 0. The van der Waals surface area contributed by atoms with Crippen LogP contribution in [-0.2, 0) is 4.79 Å². The summed E-state index contributed by atoms with van der Waals surface area (Å²) < 4.78 is 0. The molecule has 0 radical (unpaired) electrons. The molecule has 3 aromatic rings. The van der Waals surface area contributed by atoms with Crippen LogP contribution < -0.4 is 5.32 Å². The van der Waals surface area contributed by atoms with Crippen LogP contribution in [0.25, 0.3) is 0 Å². The molecule has 0 unspecified atom stereocenters. The van der Waals surface area contributed by atoms with E-state index in [0.717, 1.165) is 0 Å². The Morgan fingerprint density at radius 1 is 0.895 bits per heavy atom. The van der Waals surface area contributed by atoms with Gasteiger partial charge in [0.1, 0.15) is 0 Å². The Labute approximate surface area is 231 Å². The minimum atomic E-state index is -0.807. The molecular weight excluding hydrogens is 523 g/mol. The van der Waals surface area contributed by atoms with Crippen LogP contribution in [0.4, 0.5) is 0 Å². The van der Waals surface area contributed by atoms with Gasteiger partial charge in [0.05, 0.1) is 24.6 Å². The molecule has 38 heavy (non-hydrogen) atoms. The molecule has 2 N–H and O–H groups in total. The van der Waals surface area contributed by atoms with E-state index in [1.54, 1.807) is 71.6 Å². The number of hydrogen-bond donors (Lipinski definition) is 2. The summed E-state index contributed by atoms with van der Waals surface area (Å²) in [5.41, 5.74) is 2.16. The summed E-state index contributed by atoms with van der Waals surface area (Å²) in [5.74, 6) is -1.56. The van der Waals surface area contributed by atoms with Gasteiger partial charge in [-0.1, -0.05) is 77.8 Å². The van der Waals surface area contributed by atoms with Gasteiger partial charge in [0.2, 0.25) is 5.91 Å². The van der Waals surface area contributed by atoms with E-state index in [1.165, 1.54) is 0 Å². The first-order chi connectivity index (χ1) is 18.3. The van der Waals surface area contributed by atoms with Gasteiger partial charge in [-0.25, -0.2) is 0 Å². The zero-order valence-electron chi connectivity index (χ0n) is 20.6. The van der Waals surface area contributed by atoms with Crippen LogP contribution in [0.3, 0.4) is 0 Å². The number of nitrogens with one attached hydrogen (secondary N) is 1. The molecule has 196 valence electrons. The molecule has 2 amide bonds. The Bertz CT molecular complexity index is 1360. The lowest BCUT2D eigenvalue weighted by molar-refractivity contribution is -0.124. The number of benzene rings is 3. The number of aliphatic hydroxyl groups excluding tert-OH is 1. The number of carbonyl (C=O) groups excluding carboxylic acids is 3. The monoisotopic (exact) mass is 550 g/mol. The summed E-state index contributed by atoms with van der Waals surface area (Å²) in [6, 6.07) is 20.1. The normalized spacial score (nSPS) is 23.0. The van der Waals surface area contributed by atoms with Crippen molar-refractivity contribution in [3.8, 4) is 0 Å². The van der Waals surface area contributed by atoms with Gasteiger partial charge in [-0.05, 0) is 55.0 Å². The van der Waals surface area contributed by atoms with Crippen LogP contribution in [0.2, 0.25) is 10.0 Å². The van der Waals surface area contributed by atoms with Gasteiger partial charge in [0, 0.05) is 27.2 Å². The molecule has 0 bridgehead atoms. The highest BCUT2D eigenvalue weighted by atomic mass is 35.5. The minimum absolute atomic E-state index is 0.174. The maximum Gasteiger partial charge on any atom is 0.254 e. The minimum Gasteiger partial charge on any atom is -0.393 e. The quantitative estimate of drug-likeness (QED) is 0.392. The van der Waals surface area contributed by atoms with E-state index in [9.17, 15) is 19.5 Å². The molecule has 0 spiro atoms. The zero-order chi connectivity index (χ0) is 26.8. The van der Waals surface area contributed by atoms with E-state index < -0.39 is 18.1 Å². The number of rotatable bonds is 6. The predicted octanol–water partition coefficient (Wildman–Crippen LogP) is 5.58. The zero-order valence-corrected chi connectivity index (χ0v) is 22.2. The fourth-order valence-electron chi connectivity index (χ4n) is 5.65. The van der Waals surface area contributed by atoms with Gasteiger partial charge in [0.25, 0.3) is 5.91 Å². The van der Waals surface area contributed by atoms with Crippen LogP contribution in [-0.4, -0.2) is 46.3 Å². The lowest BCUT2D eigenvalue weighted by Gasteiger charge is -2.47. The molecule has 6 nitrogen and oxygen atoms in total. The number of fused-ring (bicyclic) bond motifs is 1. The fraction of sp³-hybridized carbons (Fsp3) is 0.300. The second-order valence-corrected chi connectivity index (χ2v) is 10.7. The SMILES string of the molecule is O=C(CNC(=O)[C@@H]1c2ccccc2C(=O)N(C2CCC(O)CC2)[C@H]1c1ccc(Cl)cc1Cl)c1ccccc1.